The molecule has 2 aromatic rings. The molecule has 9 heteroatoms. The fourth-order valence-corrected chi connectivity index (χ4v) is 4.60. The molecular weight excluding hydrogens is 396 g/mol. The van der Waals surface area contributed by atoms with Gasteiger partial charge in [0.1, 0.15) is 15.8 Å². The Labute approximate surface area is 172 Å². The highest BCUT2D eigenvalue weighted by Crippen LogP contribution is 2.34. The average molecular weight is 417 g/mol. The van der Waals surface area contributed by atoms with Crippen molar-refractivity contribution < 1.29 is 9.53 Å². The first kappa shape index (κ1) is 19.1. The maximum atomic E-state index is 13.1. The molecule has 0 radical (unpaired) electrons. The molecule has 2 aliphatic rings. The van der Waals surface area contributed by atoms with Crippen LogP contribution in [0.1, 0.15) is 18.4 Å². The molecule has 0 aliphatic carbocycles. The van der Waals surface area contributed by atoms with Crippen LogP contribution in [0.3, 0.4) is 0 Å². The van der Waals surface area contributed by atoms with Crippen LogP contribution in [0, 0.1) is 0 Å². The van der Waals surface area contributed by atoms with Crippen molar-refractivity contribution in [2.45, 2.75) is 18.9 Å². The smallest absolute Gasteiger partial charge is 0.267 e. The third-order valence-corrected chi connectivity index (χ3v) is 6.11. The normalized spacial score (nSPS) is 21.3. The zero-order valence-corrected chi connectivity index (χ0v) is 17.3. The zero-order valence-electron chi connectivity index (χ0n) is 15.6. The van der Waals surface area contributed by atoms with Gasteiger partial charge in [0.25, 0.3) is 11.5 Å². The third kappa shape index (κ3) is 3.45. The van der Waals surface area contributed by atoms with Crippen LogP contribution in [-0.4, -0.2) is 57.9 Å². The van der Waals surface area contributed by atoms with E-state index in [2.05, 4.69) is 4.98 Å². The predicted octanol–water partition coefficient (Wildman–Crippen LogP) is 2.14. The minimum atomic E-state index is -0.223. The summed E-state index contributed by atoms with van der Waals surface area (Å²) in [5, 5.41) is 0. The molecule has 4 rings (SSSR count). The van der Waals surface area contributed by atoms with E-state index in [4.69, 9.17) is 17.0 Å². The number of ether oxygens (including phenoxy) is 1. The SMILES string of the molecule is CN(C)c1nc2ccccn2c(=O)c1/C=C1\SC(=S)N(CC2CCCO2)C1=O. The standard InChI is InChI=1S/C19H20N4O3S2/c1-21(2)16-13(17(24)22-8-4-3-7-15(22)20-16)10-14-18(25)23(19(27)28-14)11-12-6-5-9-26-12/h3-4,7-8,10,12H,5-6,9,11H2,1-2H3/b14-10-. The van der Waals surface area contributed by atoms with E-state index in [1.165, 1.54) is 16.2 Å². The number of amides is 1. The van der Waals surface area contributed by atoms with Crippen LogP contribution in [0.2, 0.25) is 0 Å². The topological polar surface area (TPSA) is 67.2 Å². The first-order valence-electron chi connectivity index (χ1n) is 9.01. The van der Waals surface area contributed by atoms with Crippen LogP contribution in [0.25, 0.3) is 11.7 Å². The van der Waals surface area contributed by atoms with Gasteiger partial charge in [-0.3, -0.25) is 18.9 Å². The molecule has 2 saturated heterocycles. The van der Waals surface area contributed by atoms with Gasteiger partial charge in [-0.15, -0.1) is 0 Å². The summed E-state index contributed by atoms with van der Waals surface area (Å²) in [5.41, 5.74) is 0.698. The maximum absolute atomic E-state index is 13.1. The molecule has 0 bridgehead atoms. The van der Waals surface area contributed by atoms with E-state index in [0.717, 1.165) is 19.4 Å². The molecule has 0 spiro atoms. The second-order valence-corrected chi connectivity index (χ2v) is 8.58. The summed E-state index contributed by atoms with van der Waals surface area (Å²) >= 11 is 6.62. The van der Waals surface area contributed by atoms with Crippen molar-refractivity contribution in [3.05, 3.63) is 45.2 Å². The zero-order chi connectivity index (χ0) is 19.8. The van der Waals surface area contributed by atoms with E-state index in [1.807, 2.05) is 20.2 Å². The Bertz CT molecular complexity index is 1040. The minimum absolute atomic E-state index is 0.0205. The van der Waals surface area contributed by atoms with Gasteiger partial charge in [-0.2, -0.15) is 0 Å². The molecule has 1 atom stereocenters. The van der Waals surface area contributed by atoms with Gasteiger partial charge in [-0.05, 0) is 31.1 Å². The highest BCUT2D eigenvalue weighted by molar-refractivity contribution is 8.26. The van der Waals surface area contributed by atoms with Gasteiger partial charge >= 0.3 is 0 Å². The summed E-state index contributed by atoms with van der Waals surface area (Å²) < 4.78 is 7.60. The Morgan fingerprint density at radius 2 is 2.21 bits per heavy atom. The molecule has 2 aliphatic heterocycles. The Hall–Kier alpha value is -2.23. The summed E-state index contributed by atoms with van der Waals surface area (Å²) in [5.74, 6) is 0.327. The van der Waals surface area contributed by atoms with E-state index in [0.29, 0.717) is 32.8 Å². The molecule has 0 saturated carbocycles. The first-order valence-corrected chi connectivity index (χ1v) is 10.2. The molecule has 2 aromatic heterocycles. The number of nitrogens with zero attached hydrogens (tertiary/aromatic N) is 4. The highest BCUT2D eigenvalue weighted by atomic mass is 32.2. The van der Waals surface area contributed by atoms with Gasteiger partial charge < -0.3 is 9.64 Å². The first-order chi connectivity index (χ1) is 13.5. The second kappa shape index (κ2) is 7.65. The van der Waals surface area contributed by atoms with Crippen LogP contribution in [0.4, 0.5) is 5.82 Å². The average Bonchev–Trinajstić information content (AvgIpc) is 3.28. The Balaban J connectivity index is 1.74. The summed E-state index contributed by atoms with van der Waals surface area (Å²) in [6.07, 6.45) is 5.23. The number of hydrogen-bond acceptors (Lipinski definition) is 7. The lowest BCUT2D eigenvalue weighted by atomic mass is 10.2. The monoisotopic (exact) mass is 416 g/mol. The van der Waals surface area contributed by atoms with Gasteiger partial charge in [0.2, 0.25) is 0 Å². The van der Waals surface area contributed by atoms with Gasteiger partial charge in [0.15, 0.2) is 0 Å². The van der Waals surface area contributed by atoms with Gasteiger partial charge in [0, 0.05) is 26.9 Å². The summed E-state index contributed by atoms with van der Waals surface area (Å²) in [6, 6.07) is 5.38. The molecule has 0 aromatic carbocycles. The van der Waals surface area contributed by atoms with Crippen molar-refractivity contribution in [3.8, 4) is 0 Å². The molecule has 146 valence electrons. The van der Waals surface area contributed by atoms with E-state index in [1.54, 1.807) is 34.2 Å². The molecule has 2 fully saturated rings. The number of thioether (sulfide) groups is 1. The molecule has 1 amide bonds. The van der Waals surface area contributed by atoms with Crippen molar-refractivity contribution in [1.82, 2.24) is 14.3 Å². The molecule has 7 nitrogen and oxygen atoms in total. The van der Waals surface area contributed by atoms with Crippen molar-refractivity contribution in [3.63, 3.8) is 0 Å². The molecule has 4 heterocycles. The van der Waals surface area contributed by atoms with Crippen molar-refractivity contribution in [1.29, 1.82) is 0 Å². The number of carbonyl (C=O) groups excluding carboxylic acids is 1. The number of hydrogen-bond donors (Lipinski definition) is 0. The largest absolute Gasteiger partial charge is 0.376 e. The summed E-state index contributed by atoms with van der Waals surface area (Å²) in [4.78, 5) is 34.3. The van der Waals surface area contributed by atoms with Gasteiger partial charge in [0.05, 0.1) is 23.1 Å². The summed E-state index contributed by atoms with van der Waals surface area (Å²) in [6.45, 7) is 1.18. The van der Waals surface area contributed by atoms with Gasteiger partial charge in [-0.25, -0.2) is 4.98 Å². The van der Waals surface area contributed by atoms with Crippen molar-refractivity contribution in [2.75, 3.05) is 32.1 Å². The number of fused-ring (bicyclic) bond motifs is 1. The van der Waals surface area contributed by atoms with E-state index in [-0.39, 0.29) is 17.6 Å². The lowest BCUT2D eigenvalue weighted by molar-refractivity contribution is -0.123. The quantitative estimate of drug-likeness (QED) is 0.559. The van der Waals surface area contributed by atoms with Crippen molar-refractivity contribution in [2.24, 2.45) is 0 Å². The fraction of sp³-hybridized carbons (Fsp3) is 0.368. The molecular formula is C19H20N4O3S2. The number of aromatic nitrogens is 2. The van der Waals surface area contributed by atoms with E-state index >= 15 is 0 Å². The van der Waals surface area contributed by atoms with Crippen LogP contribution in [0.5, 0.6) is 0 Å². The van der Waals surface area contributed by atoms with E-state index in [9.17, 15) is 9.59 Å². The lowest BCUT2D eigenvalue weighted by Gasteiger charge is -2.18. The van der Waals surface area contributed by atoms with Crippen LogP contribution in [0.15, 0.2) is 34.1 Å². The van der Waals surface area contributed by atoms with Crippen LogP contribution >= 0.6 is 24.0 Å². The minimum Gasteiger partial charge on any atom is -0.376 e. The fourth-order valence-electron chi connectivity index (χ4n) is 3.34. The highest BCUT2D eigenvalue weighted by Gasteiger charge is 2.35. The molecule has 1 unspecified atom stereocenters. The predicted molar refractivity (Wildman–Crippen MR) is 115 cm³/mol. The Kier molecular flexibility index (Phi) is 5.22. The van der Waals surface area contributed by atoms with Crippen molar-refractivity contribution >= 4 is 51.7 Å². The maximum Gasteiger partial charge on any atom is 0.267 e. The summed E-state index contributed by atoms with van der Waals surface area (Å²) in [7, 11) is 3.64. The second-order valence-electron chi connectivity index (χ2n) is 6.90. The number of rotatable bonds is 4. The Morgan fingerprint density at radius 1 is 1.39 bits per heavy atom. The number of thiocarbonyl (C=S) groups is 1. The van der Waals surface area contributed by atoms with Crippen LogP contribution in [-0.2, 0) is 9.53 Å². The molecule has 0 N–H and O–H groups in total. The number of pyridine rings is 1. The molecule has 28 heavy (non-hydrogen) atoms. The lowest BCUT2D eigenvalue weighted by Crippen LogP contribution is -2.35. The van der Waals surface area contributed by atoms with Crippen LogP contribution < -0.4 is 10.5 Å². The van der Waals surface area contributed by atoms with Gasteiger partial charge in [-0.1, -0.05) is 30.0 Å². The number of anilines is 1. The third-order valence-electron chi connectivity index (χ3n) is 4.73. The number of carbonyl (C=O) groups is 1. The Morgan fingerprint density at radius 3 is 2.93 bits per heavy atom. The van der Waals surface area contributed by atoms with E-state index < -0.39 is 0 Å².